The molecule has 0 radical (unpaired) electrons. The number of aliphatic carboxylic acids is 1. The first-order valence-corrected chi connectivity index (χ1v) is 13.4. The number of amides is 4. The first kappa shape index (κ1) is 36.3. The molecule has 0 bridgehead atoms. The van der Waals surface area contributed by atoms with E-state index in [0.29, 0.717) is 19.3 Å². The number of nitro groups is 1. The highest BCUT2D eigenvalue weighted by Crippen LogP contribution is 2.22. The number of ether oxygens (including phenoxy) is 2. The van der Waals surface area contributed by atoms with Gasteiger partial charge in [-0.05, 0) is 60.5 Å². The van der Waals surface area contributed by atoms with Gasteiger partial charge < -0.3 is 30.9 Å². The number of nitro benzene ring substituents is 1. The van der Waals surface area contributed by atoms with Gasteiger partial charge in [-0.2, -0.15) is 0 Å². The molecule has 0 saturated heterocycles. The third-order valence-electron chi connectivity index (χ3n) is 5.07. The van der Waals surface area contributed by atoms with E-state index in [1.54, 1.807) is 41.5 Å². The number of carbonyl (C=O) groups is 5. The molecule has 0 heterocycles. The average molecular weight is 609 g/mol. The lowest BCUT2D eigenvalue weighted by atomic mass is 10.1. The Bertz CT molecular complexity index is 1230. The number of hydrogen-bond donors (Lipinski definition) is 4. The summed E-state index contributed by atoms with van der Waals surface area (Å²) in [7, 11) is 0. The van der Waals surface area contributed by atoms with Gasteiger partial charge in [0.25, 0.3) is 11.6 Å². The maximum Gasteiger partial charge on any atom is 0.437 e. The van der Waals surface area contributed by atoms with Crippen molar-refractivity contribution in [3.63, 3.8) is 0 Å². The number of nitrogens with one attached hydrogen (secondary N) is 2. The van der Waals surface area contributed by atoms with Gasteiger partial charge in [-0.25, -0.2) is 14.5 Å². The Morgan fingerprint density at radius 2 is 1.60 bits per heavy atom. The van der Waals surface area contributed by atoms with Crippen molar-refractivity contribution in [1.82, 2.24) is 10.2 Å². The van der Waals surface area contributed by atoms with Crippen LogP contribution in [0.15, 0.2) is 23.2 Å². The van der Waals surface area contributed by atoms with Crippen LogP contribution in [0, 0.1) is 10.1 Å². The summed E-state index contributed by atoms with van der Waals surface area (Å²) in [5, 5.41) is 24.9. The van der Waals surface area contributed by atoms with Crippen LogP contribution in [0.5, 0.6) is 0 Å². The van der Waals surface area contributed by atoms with Crippen LogP contribution in [0.2, 0.25) is 0 Å². The summed E-state index contributed by atoms with van der Waals surface area (Å²) in [4.78, 5) is 75.5. The lowest BCUT2D eigenvalue weighted by Crippen LogP contribution is -2.45. The molecule has 1 rings (SSSR count). The van der Waals surface area contributed by atoms with Gasteiger partial charge in [0, 0.05) is 42.9 Å². The fourth-order valence-electron chi connectivity index (χ4n) is 3.32. The Morgan fingerprint density at radius 1 is 0.977 bits per heavy atom. The summed E-state index contributed by atoms with van der Waals surface area (Å²) in [6.07, 6.45) is -0.956. The molecule has 4 amide bonds. The maximum absolute atomic E-state index is 12.7. The first-order valence-electron chi connectivity index (χ1n) is 13.4. The molecule has 16 heteroatoms. The first-order chi connectivity index (χ1) is 19.8. The number of hydrogen-bond acceptors (Lipinski definition) is 9. The average Bonchev–Trinajstić information content (AvgIpc) is 2.83. The van der Waals surface area contributed by atoms with E-state index in [9.17, 15) is 34.1 Å². The molecule has 0 atom stereocenters. The van der Waals surface area contributed by atoms with Crippen LogP contribution < -0.4 is 16.4 Å². The zero-order valence-electron chi connectivity index (χ0n) is 25.2. The molecule has 0 fully saturated rings. The predicted octanol–water partition coefficient (Wildman–Crippen LogP) is 3.79. The summed E-state index contributed by atoms with van der Waals surface area (Å²) in [5.41, 5.74) is 3.72. The molecule has 0 spiro atoms. The van der Waals surface area contributed by atoms with Crippen molar-refractivity contribution in [3.8, 4) is 0 Å². The van der Waals surface area contributed by atoms with Crippen molar-refractivity contribution in [2.24, 2.45) is 10.7 Å². The van der Waals surface area contributed by atoms with Crippen LogP contribution >= 0.6 is 0 Å². The largest absolute Gasteiger partial charge is 0.481 e. The van der Waals surface area contributed by atoms with Crippen LogP contribution in [-0.4, -0.2) is 75.2 Å². The smallest absolute Gasteiger partial charge is 0.437 e. The molecule has 16 nitrogen and oxygen atoms in total. The second-order valence-corrected chi connectivity index (χ2v) is 11.4. The third kappa shape index (κ3) is 15.2. The summed E-state index contributed by atoms with van der Waals surface area (Å²) >= 11 is 0. The van der Waals surface area contributed by atoms with Crippen molar-refractivity contribution in [2.45, 2.75) is 84.8 Å². The van der Waals surface area contributed by atoms with Crippen molar-refractivity contribution < 1.29 is 43.5 Å². The van der Waals surface area contributed by atoms with Gasteiger partial charge in [-0.15, -0.1) is 4.99 Å². The van der Waals surface area contributed by atoms with Crippen LogP contribution in [0.4, 0.5) is 21.0 Å². The fraction of sp³-hybridized carbons (Fsp3) is 0.556. The van der Waals surface area contributed by atoms with Crippen molar-refractivity contribution >= 4 is 47.3 Å². The highest BCUT2D eigenvalue weighted by molar-refractivity contribution is 5.99. The molecule has 0 aromatic heterocycles. The molecular weight excluding hydrogens is 568 g/mol. The van der Waals surface area contributed by atoms with Gasteiger partial charge in [0.2, 0.25) is 11.9 Å². The minimum Gasteiger partial charge on any atom is -0.481 e. The lowest BCUT2D eigenvalue weighted by Gasteiger charge is -2.26. The SMILES string of the molecule is CC(C)(C)OC(=O)N=C(N)N(CCCCCC(=O)Nc1cc(C(=O)NCCC(=O)O)cc([N+](=O)[O-])c1)C(=O)OC(C)(C)C. The number of benzene rings is 1. The fourth-order valence-corrected chi connectivity index (χ4v) is 3.32. The zero-order valence-corrected chi connectivity index (χ0v) is 25.2. The standard InChI is InChI=1S/C27H40N6O10/c1-26(2,3)42-24(38)31-23(28)32(25(39)43-27(4,5)6)13-9-7-8-10-20(34)30-18-14-17(15-19(16-18)33(40)41)22(37)29-12-11-21(35)36/h14-16H,7-13H2,1-6H3,(H,29,37)(H,30,34)(H,35,36)(H2,28,31,38). The molecule has 1 aromatic carbocycles. The number of nitrogens with two attached hydrogens (primary N) is 1. The van der Waals surface area contributed by atoms with Gasteiger partial charge in [0.1, 0.15) is 11.2 Å². The topological polar surface area (TPSA) is 233 Å². The highest BCUT2D eigenvalue weighted by Gasteiger charge is 2.26. The van der Waals surface area contributed by atoms with Gasteiger partial charge in [-0.1, -0.05) is 6.42 Å². The summed E-state index contributed by atoms with van der Waals surface area (Å²) in [6.45, 7) is 9.80. The predicted molar refractivity (Wildman–Crippen MR) is 156 cm³/mol. The van der Waals surface area contributed by atoms with Crippen LogP contribution in [0.3, 0.4) is 0 Å². The maximum atomic E-state index is 12.7. The Morgan fingerprint density at radius 3 is 2.16 bits per heavy atom. The normalized spacial score (nSPS) is 11.7. The summed E-state index contributed by atoms with van der Waals surface area (Å²) < 4.78 is 10.5. The van der Waals surface area contributed by atoms with E-state index in [0.717, 1.165) is 17.0 Å². The van der Waals surface area contributed by atoms with Gasteiger partial charge in [0.15, 0.2) is 0 Å². The molecule has 0 aliphatic heterocycles. The highest BCUT2D eigenvalue weighted by atomic mass is 16.6. The number of nitrogens with zero attached hydrogens (tertiary/aromatic N) is 3. The number of rotatable bonds is 12. The van der Waals surface area contributed by atoms with E-state index >= 15 is 0 Å². The van der Waals surface area contributed by atoms with E-state index in [1.165, 1.54) is 6.07 Å². The quantitative estimate of drug-likeness (QED) is 0.0876. The van der Waals surface area contributed by atoms with Crippen molar-refractivity contribution in [2.75, 3.05) is 18.4 Å². The molecule has 0 saturated carbocycles. The molecule has 238 valence electrons. The Labute approximate surface area is 249 Å². The van der Waals surface area contributed by atoms with Crippen molar-refractivity contribution in [3.05, 3.63) is 33.9 Å². The van der Waals surface area contributed by atoms with Crippen LogP contribution in [-0.2, 0) is 19.1 Å². The van der Waals surface area contributed by atoms with E-state index in [4.69, 9.17) is 20.3 Å². The molecule has 0 unspecified atom stereocenters. The van der Waals surface area contributed by atoms with Crippen LogP contribution in [0.25, 0.3) is 0 Å². The number of unbranched alkanes of at least 4 members (excludes halogenated alkanes) is 2. The summed E-state index contributed by atoms with van der Waals surface area (Å²) in [5.74, 6) is -2.74. The monoisotopic (exact) mass is 608 g/mol. The second kappa shape index (κ2) is 16.0. The Hall–Kier alpha value is -4.76. The Kier molecular flexibility index (Phi) is 13.5. The molecule has 43 heavy (non-hydrogen) atoms. The Balaban J connectivity index is 2.80. The zero-order chi connectivity index (χ0) is 33.0. The van der Waals surface area contributed by atoms with Gasteiger partial charge >= 0.3 is 18.2 Å². The third-order valence-corrected chi connectivity index (χ3v) is 5.07. The lowest BCUT2D eigenvalue weighted by molar-refractivity contribution is -0.384. The number of carbonyl (C=O) groups excluding carboxylic acids is 4. The minimum absolute atomic E-state index is 0.0107. The number of anilines is 1. The van der Waals surface area contributed by atoms with E-state index in [2.05, 4.69) is 15.6 Å². The van der Waals surface area contributed by atoms with E-state index < -0.39 is 57.7 Å². The number of guanidine groups is 1. The minimum atomic E-state index is -1.12. The van der Waals surface area contributed by atoms with Crippen LogP contribution in [0.1, 0.15) is 84.0 Å². The molecular formula is C27H40N6O10. The van der Waals surface area contributed by atoms with E-state index in [-0.39, 0.29) is 37.2 Å². The van der Waals surface area contributed by atoms with E-state index in [1.807, 2.05) is 0 Å². The van der Waals surface area contributed by atoms with Gasteiger partial charge in [0.05, 0.1) is 11.3 Å². The number of carboxylic acid groups (broad SMARTS) is 1. The summed E-state index contributed by atoms with van der Waals surface area (Å²) in [6, 6.07) is 3.35. The number of carboxylic acids is 1. The number of non-ortho nitro benzene ring substituents is 1. The molecule has 5 N–H and O–H groups in total. The molecule has 1 aromatic rings. The van der Waals surface area contributed by atoms with Gasteiger partial charge in [-0.3, -0.25) is 24.5 Å². The van der Waals surface area contributed by atoms with Crippen molar-refractivity contribution in [1.29, 1.82) is 0 Å². The molecule has 0 aliphatic carbocycles. The molecule has 0 aliphatic rings. The second-order valence-electron chi connectivity index (χ2n) is 11.4. The number of aliphatic imine (C=N–C) groups is 1.